The number of hydrogen-bond acceptors (Lipinski definition) is 2. The summed E-state index contributed by atoms with van der Waals surface area (Å²) < 4.78 is 0. The molecule has 0 aromatic carbocycles. The second-order valence-electron chi connectivity index (χ2n) is 4.45. The molecule has 14 heavy (non-hydrogen) atoms. The van der Waals surface area contributed by atoms with Crippen LogP contribution in [-0.4, -0.2) is 17.1 Å². The molecule has 0 radical (unpaired) electrons. The summed E-state index contributed by atoms with van der Waals surface area (Å²) in [6.07, 6.45) is 8.89. The van der Waals surface area contributed by atoms with Crippen LogP contribution in [0.1, 0.15) is 31.7 Å². The highest BCUT2D eigenvalue weighted by molar-refractivity contribution is 5.10. The standard InChI is InChI=1S/C12H18N2/c1-12(6-2-7-12)14-10-5-11-3-8-13-9-4-11/h3-4,8-9,14H,2,5-7,10H2,1H3. The fourth-order valence-electron chi connectivity index (χ4n) is 1.94. The molecule has 2 heteroatoms. The Morgan fingerprint density at radius 2 is 2.07 bits per heavy atom. The van der Waals surface area contributed by atoms with E-state index in [9.17, 15) is 0 Å². The second kappa shape index (κ2) is 4.09. The number of hydrogen-bond donors (Lipinski definition) is 1. The van der Waals surface area contributed by atoms with Crippen molar-refractivity contribution in [1.29, 1.82) is 0 Å². The number of aromatic nitrogens is 1. The van der Waals surface area contributed by atoms with E-state index in [0.717, 1.165) is 13.0 Å². The van der Waals surface area contributed by atoms with E-state index >= 15 is 0 Å². The molecule has 76 valence electrons. The normalized spacial score (nSPS) is 18.9. The SMILES string of the molecule is CC1(NCCc2ccncc2)CCC1. The third-order valence-corrected chi connectivity index (χ3v) is 3.17. The molecule has 1 fully saturated rings. The minimum atomic E-state index is 0.438. The van der Waals surface area contributed by atoms with Crippen molar-refractivity contribution in [3.8, 4) is 0 Å². The summed E-state index contributed by atoms with van der Waals surface area (Å²) in [7, 11) is 0. The van der Waals surface area contributed by atoms with Crippen LogP contribution in [0.2, 0.25) is 0 Å². The Hall–Kier alpha value is -0.890. The summed E-state index contributed by atoms with van der Waals surface area (Å²) in [4.78, 5) is 4.01. The summed E-state index contributed by atoms with van der Waals surface area (Å²) >= 11 is 0. The monoisotopic (exact) mass is 190 g/mol. The van der Waals surface area contributed by atoms with Crippen molar-refractivity contribution in [3.63, 3.8) is 0 Å². The Morgan fingerprint density at radius 1 is 1.36 bits per heavy atom. The molecule has 0 atom stereocenters. The van der Waals surface area contributed by atoms with Crippen molar-refractivity contribution in [2.45, 2.75) is 38.1 Å². The molecule has 0 bridgehead atoms. The molecule has 1 N–H and O–H groups in total. The van der Waals surface area contributed by atoms with E-state index in [-0.39, 0.29) is 0 Å². The van der Waals surface area contributed by atoms with E-state index in [2.05, 4.69) is 29.4 Å². The lowest BCUT2D eigenvalue weighted by molar-refractivity contribution is 0.210. The lowest BCUT2D eigenvalue weighted by atomic mass is 9.78. The minimum absolute atomic E-state index is 0.438. The molecule has 0 amide bonds. The van der Waals surface area contributed by atoms with E-state index in [4.69, 9.17) is 0 Å². The van der Waals surface area contributed by atoms with Crippen molar-refractivity contribution in [1.82, 2.24) is 10.3 Å². The predicted molar refractivity (Wildman–Crippen MR) is 58.2 cm³/mol. The molecule has 1 aromatic rings. The molecule has 2 nitrogen and oxygen atoms in total. The van der Waals surface area contributed by atoms with Gasteiger partial charge in [-0.3, -0.25) is 4.98 Å². The topological polar surface area (TPSA) is 24.9 Å². The second-order valence-corrected chi connectivity index (χ2v) is 4.45. The molecule has 1 aliphatic carbocycles. The van der Waals surface area contributed by atoms with Crippen LogP contribution in [-0.2, 0) is 6.42 Å². The van der Waals surface area contributed by atoms with Gasteiger partial charge in [0, 0.05) is 17.9 Å². The maximum Gasteiger partial charge on any atom is 0.0270 e. The zero-order valence-corrected chi connectivity index (χ0v) is 8.79. The van der Waals surface area contributed by atoms with Crippen molar-refractivity contribution >= 4 is 0 Å². The number of pyridine rings is 1. The molecule has 1 aromatic heterocycles. The first-order valence-electron chi connectivity index (χ1n) is 5.42. The third kappa shape index (κ3) is 2.32. The number of rotatable bonds is 4. The van der Waals surface area contributed by atoms with Crippen molar-refractivity contribution < 1.29 is 0 Å². The van der Waals surface area contributed by atoms with Crippen molar-refractivity contribution in [3.05, 3.63) is 30.1 Å². The summed E-state index contributed by atoms with van der Waals surface area (Å²) in [5.74, 6) is 0. The molecule has 1 aliphatic rings. The van der Waals surface area contributed by atoms with Gasteiger partial charge in [0.15, 0.2) is 0 Å². The summed E-state index contributed by atoms with van der Waals surface area (Å²) in [5.41, 5.74) is 1.81. The molecule has 0 spiro atoms. The summed E-state index contributed by atoms with van der Waals surface area (Å²) in [6.45, 7) is 3.41. The van der Waals surface area contributed by atoms with Crippen LogP contribution < -0.4 is 5.32 Å². The molecule has 0 aliphatic heterocycles. The first kappa shape index (κ1) is 9.66. The largest absolute Gasteiger partial charge is 0.311 e. The molecule has 2 rings (SSSR count). The van der Waals surface area contributed by atoms with Crippen LogP contribution in [0.15, 0.2) is 24.5 Å². The van der Waals surface area contributed by atoms with Gasteiger partial charge in [0.25, 0.3) is 0 Å². The zero-order valence-electron chi connectivity index (χ0n) is 8.79. The highest BCUT2D eigenvalue weighted by Gasteiger charge is 2.30. The maximum absolute atomic E-state index is 4.01. The third-order valence-electron chi connectivity index (χ3n) is 3.17. The average Bonchev–Trinajstić information content (AvgIpc) is 2.17. The molecule has 1 saturated carbocycles. The van der Waals surface area contributed by atoms with Crippen LogP contribution in [0, 0.1) is 0 Å². The van der Waals surface area contributed by atoms with E-state index in [0.29, 0.717) is 5.54 Å². The first-order valence-corrected chi connectivity index (χ1v) is 5.42. The quantitative estimate of drug-likeness (QED) is 0.787. The highest BCUT2D eigenvalue weighted by Crippen LogP contribution is 2.30. The predicted octanol–water partition coefficient (Wildman–Crippen LogP) is 2.16. The summed E-state index contributed by atoms with van der Waals surface area (Å²) in [6, 6.07) is 4.18. The fourth-order valence-corrected chi connectivity index (χ4v) is 1.94. The van der Waals surface area contributed by atoms with Gasteiger partial charge in [0.2, 0.25) is 0 Å². The van der Waals surface area contributed by atoms with E-state index in [1.165, 1.54) is 24.8 Å². The molecule has 1 heterocycles. The van der Waals surface area contributed by atoms with Crippen LogP contribution in [0.25, 0.3) is 0 Å². The van der Waals surface area contributed by atoms with E-state index < -0.39 is 0 Å². The Morgan fingerprint density at radius 3 is 2.64 bits per heavy atom. The summed E-state index contributed by atoms with van der Waals surface area (Å²) in [5, 5.41) is 3.62. The van der Waals surface area contributed by atoms with Gasteiger partial charge in [-0.2, -0.15) is 0 Å². The Balaban J connectivity index is 1.73. The van der Waals surface area contributed by atoms with Gasteiger partial charge in [-0.25, -0.2) is 0 Å². The fraction of sp³-hybridized carbons (Fsp3) is 0.583. The van der Waals surface area contributed by atoms with E-state index in [1.54, 1.807) is 0 Å². The van der Waals surface area contributed by atoms with Crippen molar-refractivity contribution in [2.24, 2.45) is 0 Å². The van der Waals surface area contributed by atoms with Crippen LogP contribution in [0.4, 0.5) is 0 Å². The smallest absolute Gasteiger partial charge is 0.0270 e. The Bertz CT molecular complexity index is 278. The first-order chi connectivity index (χ1) is 6.79. The molecular formula is C12H18N2. The Labute approximate surface area is 85.7 Å². The Kier molecular flexibility index (Phi) is 2.82. The van der Waals surface area contributed by atoms with Crippen LogP contribution in [0.5, 0.6) is 0 Å². The van der Waals surface area contributed by atoms with Gasteiger partial charge in [-0.05, 0) is 56.8 Å². The van der Waals surface area contributed by atoms with Gasteiger partial charge in [-0.15, -0.1) is 0 Å². The number of nitrogens with zero attached hydrogens (tertiary/aromatic N) is 1. The average molecular weight is 190 g/mol. The molecule has 0 unspecified atom stereocenters. The lowest BCUT2D eigenvalue weighted by Crippen LogP contribution is -2.48. The zero-order chi connectivity index (χ0) is 9.86. The van der Waals surface area contributed by atoms with Gasteiger partial charge in [0.05, 0.1) is 0 Å². The molecular weight excluding hydrogens is 172 g/mol. The number of nitrogens with one attached hydrogen (secondary N) is 1. The minimum Gasteiger partial charge on any atom is -0.311 e. The van der Waals surface area contributed by atoms with E-state index in [1.807, 2.05) is 12.4 Å². The lowest BCUT2D eigenvalue weighted by Gasteiger charge is -2.39. The van der Waals surface area contributed by atoms with Crippen LogP contribution >= 0.6 is 0 Å². The van der Waals surface area contributed by atoms with Gasteiger partial charge >= 0.3 is 0 Å². The molecule has 0 saturated heterocycles. The van der Waals surface area contributed by atoms with Crippen LogP contribution in [0.3, 0.4) is 0 Å². The highest BCUT2D eigenvalue weighted by atomic mass is 15.0. The maximum atomic E-state index is 4.01. The van der Waals surface area contributed by atoms with Gasteiger partial charge < -0.3 is 5.32 Å². The van der Waals surface area contributed by atoms with Gasteiger partial charge in [-0.1, -0.05) is 0 Å². The van der Waals surface area contributed by atoms with Gasteiger partial charge in [0.1, 0.15) is 0 Å². The van der Waals surface area contributed by atoms with Crippen molar-refractivity contribution in [2.75, 3.05) is 6.54 Å².